The Bertz CT molecular complexity index is 815. The van der Waals surface area contributed by atoms with Crippen molar-refractivity contribution in [3.8, 4) is 5.75 Å². The molecular formula is C19H22Cl2N3O3+. The van der Waals surface area contributed by atoms with Crippen molar-refractivity contribution in [2.45, 2.75) is 6.54 Å². The molecule has 0 aliphatic carbocycles. The Balaban J connectivity index is 1.78. The summed E-state index contributed by atoms with van der Waals surface area (Å²) >= 11 is 11.8. The Labute approximate surface area is 168 Å². The molecule has 0 saturated heterocycles. The van der Waals surface area contributed by atoms with Gasteiger partial charge in [-0.1, -0.05) is 41.4 Å². The lowest BCUT2D eigenvalue weighted by molar-refractivity contribution is -0.862. The smallest absolute Gasteiger partial charge is 0.279 e. The second-order valence-electron chi connectivity index (χ2n) is 6.08. The lowest BCUT2D eigenvalue weighted by Gasteiger charge is -2.14. The molecule has 0 bridgehead atoms. The van der Waals surface area contributed by atoms with Crippen LogP contribution in [0.25, 0.3) is 0 Å². The Kier molecular flexibility index (Phi) is 7.91. The van der Waals surface area contributed by atoms with Crippen LogP contribution >= 0.6 is 23.2 Å². The molecule has 0 saturated carbocycles. The van der Waals surface area contributed by atoms with Crippen LogP contribution in [-0.2, 0) is 16.1 Å². The van der Waals surface area contributed by atoms with Crippen molar-refractivity contribution in [1.29, 1.82) is 0 Å². The standard InChI is InChI=1S/C19H21Cl2N3O3/c1-24(12-19(26)23-14-7-8-15(20)16(21)9-14)11-18(25)22-10-13-5-3-4-6-17(13)27-2/h3-9H,10-12H2,1-2H3,(H,22,25)(H,23,26)/p+1. The van der Waals surface area contributed by atoms with Gasteiger partial charge in [0.05, 0.1) is 24.2 Å². The third-order valence-corrected chi connectivity index (χ3v) is 4.54. The lowest BCUT2D eigenvalue weighted by atomic mass is 10.2. The number of carbonyl (C=O) groups excluding carboxylic acids is 2. The van der Waals surface area contributed by atoms with Crippen LogP contribution in [-0.4, -0.2) is 39.1 Å². The number of hydrogen-bond donors (Lipinski definition) is 3. The number of benzene rings is 2. The predicted molar refractivity (Wildman–Crippen MR) is 107 cm³/mol. The van der Waals surface area contributed by atoms with Gasteiger partial charge in [0, 0.05) is 17.8 Å². The first-order valence-electron chi connectivity index (χ1n) is 8.34. The van der Waals surface area contributed by atoms with E-state index in [1.54, 1.807) is 32.4 Å². The van der Waals surface area contributed by atoms with Gasteiger partial charge in [0.15, 0.2) is 13.1 Å². The molecule has 3 N–H and O–H groups in total. The second kappa shape index (κ2) is 10.2. The van der Waals surface area contributed by atoms with Gasteiger partial charge in [-0.25, -0.2) is 0 Å². The second-order valence-corrected chi connectivity index (χ2v) is 6.89. The quantitative estimate of drug-likeness (QED) is 0.620. The van der Waals surface area contributed by atoms with Crippen molar-refractivity contribution < 1.29 is 19.2 Å². The molecule has 144 valence electrons. The van der Waals surface area contributed by atoms with Gasteiger partial charge in [-0.05, 0) is 24.3 Å². The minimum atomic E-state index is -0.219. The number of quaternary nitrogens is 1. The Morgan fingerprint density at radius 1 is 1.04 bits per heavy atom. The van der Waals surface area contributed by atoms with E-state index in [0.717, 1.165) is 16.2 Å². The molecule has 0 spiro atoms. The van der Waals surface area contributed by atoms with E-state index in [2.05, 4.69) is 10.6 Å². The Morgan fingerprint density at radius 2 is 1.74 bits per heavy atom. The van der Waals surface area contributed by atoms with Crippen molar-refractivity contribution in [3.05, 3.63) is 58.1 Å². The minimum absolute atomic E-state index is 0.141. The highest BCUT2D eigenvalue weighted by Gasteiger charge is 2.15. The van der Waals surface area contributed by atoms with E-state index < -0.39 is 0 Å². The molecule has 0 fully saturated rings. The van der Waals surface area contributed by atoms with Crippen LogP contribution in [0.1, 0.15) is 5.56 Å². The largest absolute Gasteiger partial charge is 0.496 e. The lowest BCUT2D eigenvalue weighted by Crippen LogP contribution is -3.11. The van der Waals surface area contributed by atoms with E-state index in [9.17, 15) is 9.59 Å². The summed E-state index contributed by atoms with van der Waals surface area (Å²) in [5, 5.41) is 6.36. The highest BCUT2D eigenvalue weighted by atomic mass is 35.5. The molecule has 2 amide bonds. The van der Waals surface area contributed by atoms with Gasteiger partial charge in [0.1, 0.15) is 5.75 Å². The number of methoxy groups -OCH3 is 1. The van der Waals surface area contributed by atoms with Crippen molar-refractivity contribution in [2.24, 2.45) is 0 Å². The molecule has 0 aromatic heterocycles. The fraction of sp³-hybridized carbons (Fsp3) is 0.263. The van der Waals surface area contributed by atoms with E-state index in [4.69, 9.17) is 27.9 Å². The molecule has 6 nitrogen and oxygen atoms in total. The summed E-state index contributed by atoms with van der Waals surface area (Å²) in [7, 11) is 3.36. The van der Waals surface area contributed by atoms with Crippen LogP contribution in [0.3, 0.4) is 0 Å². The van der Waals surface area contributed by atoms with Crippen molar-refractivity contribution in [3.63, 3.8) is 0 Å². The molecule has 0 radical (unpaired) electrons. The number of hydrogen-bond acceptors (Lipinski definition) is 3. The minimum Gasteiger partial charge on any atom is -0.496 e. The first-order valence-corrected chi connectivity index (χ1v) is 9.09. The molecule has 0 aliphatic heterocycles. The summed E-state index contributed by atoms with van der Waals surface area (Å²) in [6, 6.07) is 12.3. The van der Waals surface area contributed by atoms with Gasteiger partial charge >= 0.3 is 0 Å². The maximum atomic E-state index is 12.1. The van der Waals surface area contributed by atoms with E-state index in [-0.39, 0.29) is 24.9 Å². The van der Waals surface area contributed by atoms with Crippen molar-refractivity contribution >= 4 is 40.7 Å². The number of ether oxygens (including phenoxy) is 1. The molecule has 2 rings (SSSR count). The molecule has 1 atom stereocenters. The summed E-state index contributed by atoms with van der Waals surface area (Å²) in [4.78, 5) is 25.0. The zero-order chi connectivity index (χ0) is 19.8. The van der Waals surface area contributed by atoms with E-state index >= 15 is 0 Å². The molecule has 0 aliphatic rings. The summed E-state index contributed by atoms with van der Waals surface area (Å²) in [6.45, 7) is 0.678. The maximum absolute atomic E-state index is 12.1. The number of rotatable bonds is 8. The number of carbonyl (C=O) groups is 2. The van der Waals surface area contributed by atoms with Crippen molar-refractivity contribution in [1.82, 2.24) is 5.32 Å². The average molecular weight is 411 g/mol. The van der Waals surface area contributed by atoms with Gasteiger partial charge in [-0.3, -0.25) is 9.59 Å². The molecule has 1 unspecified atom stereocenters. The number of halogens is 2. The van der Waals surface area contributed by atoms with Gasteiger partial charge in [-0.15, -0.1) is 0 Å². The zero-order valence-electron chi connectivity index (χ0n) is 15.1. The summed E-state index contributed by atoms with van der Waals surface area (Å²) in [5.74, 6) is 0.351. The first-order chi connectivity index (χ1) is 12.9. The molecule has 8 heteroatoms. The monoisotopic (exact) mass is 410 g/mol. The molecular weight excluding hydrogens is 389 g/mol. The first kappa shape index (κ1) is 21.0. The third-order valence-electron chi connectivity index (χ3n) is 3.80. The van der Waals surface area contributed by atoms with Gasteiger partial charge in [0.25, 0.3) is 11.8 Å². The van der Waals surface area contributed by atoms with E-state index in [0.29, 0.717) is 22.3 Å². The Morgan fingerprint density at radius 3 is 2.44 bits per heavy atom. The van der Waals surface area contributed by atoms with Crippen LogP contribution < -0.4 is 20.3 Å². The number of anilines is 1. The zero-order valence-corrected chi connectivity index (χ0v) is 16.7. The number of para-hydroxylation sites is 1. The fourth-order valence-corrected chi connectivity index (χ4v) is 2.79. The summed E-state index contributed by atoms with van der Waals surface area (Å²) in [5.41, 5.74) is 1.45. The average Bonchev–Trinajstić information content (AvgIpc) is 2.63. The van der Waals surface area contributed by atoms with E-state index in [1.165, 1.54) is 0 Å². The van der Waals surface area contributed by atoms with Crippen LogP contribution in [0.5, 0.6) is 5.75 Å². The Hall–Kier alpha value is -2.28. The fourth-order valence-electron chi connectivity index (χ4n) is 2.50. The van der Waals surface area contributed by atoms with Gasteiger partial charge in [-0.2, -0.15) is 0 Å². The van der Waals surface area contributed by atoms with Crippen molar-refractivity contribution in [2.75, 3.05) is 32.6 Å². The topological polar surface area (TPSA) is 71.9 Å². The molecule has 27 heavy (non-hydrogen) atoms. The third kappa shape index (κ3) is 6.75. The van der Waals surface area contributed by atoms with Gasteiger partial charge < -0.3 is 20.3 Å². The summed E-state index contributed by atoms with van der Waals surface area (Å²) in [6.07, 6.45) is 0. The SMILES string of the molecule is COc1ccccc1CNC(=O)C[NH+](C)CC(=O)Nc1ccc(Cl)c(Cl)c1. The summed E-state index contributed by atoms with van der Waals surface area (Å²) < 4.78 is 5.26. The molecule has 2 aromatic carbocycles. The number of likely N-dealkylation sites (N-methyl/N-ethyl adjacent to an activating group) is 1. The highest BCUT2D eigenvalue weighted by Crippen LogP contribution is 2.24. The van der Waals surface area contributed by atoms with E-state index in [1.807, 2.05) is 24.3 Å². The maximum Gasteiger partial charge on any atom is 0.279 e. The normalized spacial score (nSPS) is 11.6. The highest BCUT2D eigenvalue weighted by molar-refractivity contribution is 6.42. The van der Waals surface area contributed by atoms with Crippen LogP contribution in [0.4, 0.5) is 5.69 Å². The predicted octanol–water partition coefficient (Wildman–Crippen LogP) is 1.77. The van der Waals surface area contributed by atoms with Crippen LogP contribution in [0, 0.1) is 0 Å². The van der Waals surface area contributed by atoms with Crippen LogP contribution in [0.15, 0.2) is 42.5 Å². The van der Waals surface area contributed by atoms with Gasteiger partial charge in [0.2, 0.25) is 0 Å². The van der Waals surface area contributed by atoms with Crippen LogP contribution in [0.2, 0.25) is 10.0 Å². The number of amides is 2. The molecule has 2 aromatic rings. The number of nitrogens with one attached hydrogen (secondary N) is 3. The molecule has 0 heterocycles.